The minimum atomic E-state index is -0.440. The van der Waals surface area contributed by atoms with Crippen LogP contribution in [0.15, 0.2) is 42.5 Å². The van der Waals surface area contributed by atoms with Crippen LogP contribution < -0.4 is 10.4 Å². The fourth-order valence-electron chi connectivity index (χ4n) is 3.34. The molecular weight excluding hydrogens is 272 g/mol. The molecule has 2 aromatic rings. The molecule has 2 aliphatic rings. The summed E-state index contributed by atoms with van der Waals surface area (Å²) < 4.78 is 0. The van der Waals surface area contributed by atoms with Crippen LogP contribution in [0.1, 0.15) is 35.6 Å². The molecule has 0 spiro atoms. The summed E-state index contributed by atoms with van der Waals surface area (Å²) in [7, 11) is 0. The van der Waals surface area contributed by atoms with Crippen LogP contribution in [-0.4, -0.2) is 16.3 Å². The highest BCUT2D eigenvalue weighted by atomic mass is 16.3. The van der Waals surface area contributed by atoms with Gasteiger partial charge in [-0.05, 0) is 51.3 Å². The van der Waals surface area contributed by atoms with Crippen molar-refractivity contribution in [1.29, 1.82) is 0 Å². The number of hydrogen-bond acceptors (Lipinski definition) is 2. The lowest BCUT2D eigenvalue weighted by Crippen LogP contribution is -2.30. The van der Waals surface area contributed by atoms with Gasteiger partial charge >= 0.3 is 0 Å². The van der Waals surface area contributed by atoms with Gasteiger partial charge in [0.15, 0.2) is 0 Å². The lowest BCUT2D eigenvalue weighted by atomic mass is 9.86. The van der Waals surface area contributed by atoms with Crippen molar-refractivity contribution in [2.75, 3.05) is 0 Å². The number of rotatable bonds is 1. The third kappa shape index (κ3) is 2.31. The van der Waals surface area contributed by atoms with E-state index in [4.69, 9.17) is 0 Å². The van der Waals surface area contributed by atoms with Gasteiger partial charge in [-0.3, -0.25) is 0 Å². The van der Waals surface area contributed by atoms with Crippen LogP contribution in [0.3, 0.4) is 0 Å². The summed E-state index contributed by atoms with van der Waals surface area (Å²) in [6, 6.07) is 14.3. The molecule has 2 unspecified atom stereocenters. The molecular formula is C20H18O2. The largest absolute Gasteiger partial charge is 0.389 e. The van der Waals surface area contributed by atoms with Gasteiger partial charge in [0.1, 0.15) is 0 Å². The quantitative estimate of drug-likeness (QED) is 0.843. The summed E-state index contributed by atoms with van der Waals surface area (Å²) in [5, 5.41) is 22.3. The van der Waals surface area contributed by atoms with E-state index in [9.17, 15) is 10.2 Å². The predicted octanol–water partition coefficient (Wildman–Crippen LogP) is 1.99. The topological polar surface area (TPSA) is 40.5 Å². The highest BCUT2D eigenvalue weighted by molar-refractivity contribution is 5.85. The molecule has 0 radical (unpaired) electrons. The van der Waals surface area contributed by atoms with Crippen LogP contribution in [0.2, 0.25) is 0 Å². The Bertz CT molecular complexity index is 877. The maximum absolute atomic E-state index is 10.4. The van der Waals surface area contributed by atoms with Gasteiger partial charge in [0, 0.05) is 6.42 Å². The van der Waals surface area contributed by atoms with E-state index in [1.165, 1.54) is 0 Å². The molecule has 0 bridgehead atoms. The van der Waals surface area contributed by atoms with E-state index in [0.717, 1.165) is 32.7 Å². The van der Waals surface area contributed by atoms with E-state index in [1.54, 1.807) is 0 Å². The molecule has 2 aromatic carbocycles. The van der Waals surface area contributed by atoms with Crippen molar-refractivity contribution in [3.8, 4) is 0 Å². The summed E-state index contributed by atoms with van der Waals surface area (Å²) in [5.41, 5.74) is 4.41. The second kappa shape index (κ2) is 5.24. The number of aliphatic hydroxyl groups is 2. The zero-order valence-corrected chi connectivity index (χ0v) is 12.2. The highest BCUT2D eigenvalue weighted by Gasteiger charge is 2.19. The average Bonchev–Trinajstić information content (AvgIpc) is 2.54. The van der Waals surface area contributed by atoms with Crippen molar-refractivity contribution < 1.29 is 10.2 Å². The molecule has 0 fully saturated rings. The smallest absolute Gasteiger partial charge is 0.0836 e. The normalized spacial score (nSPS) is 22.7. The van der Waals surface area contributed by atoms with E-state index < -0.39 is 6.10 Å². The molecule has 4 rings (SSSR count). The highest BCUT2D eigenvalue weighted by Crippen LogP contribution is 2.35. The minimum absolute atomic E-state index is 0.374. The molecule has 0 amide bonds. The molecule has 0 aliphatic heterocycles. The fraction of sp³-hybridized carbons (Fsp3) is 0.200. The molecule has 0 aromatic heterocycles. The van der Waals surface area contributed by atoms with Gasteiger partial charge < -0.3 is 10.2 Å². The first-order valence-electron chi connectivity index (χ1n) is 7.69. The standard InChI is InChI=1S/C20H18O2/c21-18-8-7-13-9-14(5-6-15(13)11-18)17-10-16-3-1-2-4-19(16)20(22)12-17/h1-7,9-11,18,20-22H,8,12H2. The third-order valence-electron chi connectivity index (χ3n) is 4.51. The van der Waals surface area contributed by atoms with Gasteiger partial charge in [-0.15, -0.1) is 0 Å². The Balaban J connectivity index is 1.81. The Labute approximate surface area is 129 Å². The molecule has 2 aliphatic carbocycles. The molecule has 2 atom stereocenters. The first kappa shape index (κ1) is 13.5. The lowest BCUT2D eigenvalue weighted by molar-refractivity contribution is 0.183. The molecule has 22 heavy (non-hydrogen) atoms. The van der Waals surface area contributed by atoms with Gasteiger partial charge in [-0.25, -0.2) is 0 Å². The number of aliphatic hydroxyl groups excluding tert-OH is 2. The average molecular weight is 290 g/mol. The van der Waals surface area contributed by atoms with Crippen LogP contribution in [-0.2, 0) is 0 Å². The van der Waals surface area contributed by atoms with Crippen molar-refractivity contribution in [2.45, 2.75) is 25.0 Å². The molecule has 0 heterocycles. The summed E-state index contributed by atoms with van der Waals surface area (Å²) in [5.74, 6) is 0. The van der Waals surface area contributed by atoms with E-state index in [0.29, 0.717) is 12.8 Å². The van der Waals surface area contributed by atoms with E-state index in [-0.39, 0.29) is 6.10 Å². The zero-order chi connectivity index (χ0) is 15.1. The Kier molecular flexibility index (Phi) is 3.21. The second-order valence-electron chi connectivity index (χ2n) is 6.04. The van der Waals surface area contributed by atoms with Crippen molar-refractivity contribution in [1.82, 2.24) is 0 Å². The number of hydrogen-bond donors (Lipinski definition) is 2. The molecule has 2 nitrogen and oxygen atoms in total. The van der Waals surface area contributed by atoms with Crippen molar-refractivity contribution in [2.24, 2.45) is 0 Å². The fourth-order valence-corrected chi connectivity index (χ4v) is 3.34. The van der Waals surface area contributed by atoms with Crippen molar-refractivity contribution in [3.63, 3.8) is 0 Å². The maximum Gasteiger partial charge on any atom is 0.0836 e. The first-order chi connectivity index (χ1) is 10.7. The molecule has 2 heteroatoms. The van der Waals surface area contributed by atoms with Crippen LogP contribution in [0, 0.1) is 0 Å². The van der Waals surface area contributed by atoms with Gasteiger partial charge in [0.2, 0.25) is 0 Å². The third-order valence-corrected chi connectivity index (χ3v) is 4.51. The van der Waals surface area contributed by atoms with Crippen LogP contribution >= 0.6 is 0 Å². The summed E-state index contributed by atoms with van der Waals surface area (Å²) in [6.45, 7) is 0. The van der Waals surface area contributed by atoms with Gasteiger partial charge in [0.25, 0.3) is 0 Å². The first-order valence-corrected chi connectivity index (χ1v) is 7.69. The number of benzene rings is 2. The van der Waals surface area contributed by atoms with Crippen molar-refractivity contribution >= 4 is 23.8 Å². The molecule has 110 valence electrons. The molecule has 0 saturated heterocycles. The molecule has 0 saturated carbocycles. The van der Waals surface area contributed by atoms with Crippen LogP contribution in [0.25, 0.3) is 23.8 Å². The second-order valence-corrected chi connectivity index (χ2v) is 6.04. The summed E-state index contributed by atoms with van der Waals surface area (Å²) in [4.78, 5) is 0. The van der Waals surface area contributed by atoms with E-state index >= 15 is 0 Å². The van der Waals surface area contributed by atoms with Gasteiger partial charge in [-0.1, -0.05) is 48.6 Å². The van der Waals surface area contributed by atoms with Gasteiger partial charge in [0.05, 0.1) is 12.2 Å². The Morgan fingerprint density at radius 3 is 2.73 bits per heavy atom. The zero-order valence-electron chi connectivity index (χ0n) is 12.2. The lowest BCUT2D eigenvalue weighted by Gasteiger charge is -2.22. The van der Waals surface area contributed by atoms with E-state index in [2.05, 4.69) is 30.4 Å². The SMILES string of the molecule is OC1C=c2ccc(C3=Cc4ccccc4C(O)C3)cc2=CC1. The van der Waals surface area contributed by atoms with Gasteiger partial charge in [-0.2, -0.15) is 0 Å². The monoisotopic (exact) mass is 290 g/mol. The maximum atomic E-state index is 10.4. The van der Waals surface area contributed by atoms with E-state index in [1.807, 2.05) is 30.3 Å². The summed E-state index contributed by atoms with van der Waals surface area (Å²) >= 11 is 0. The van der Waals surface area contributed by atoms with Crippen LogP contribution in [0.5, 0.6) is 0 Å². The molecule has 2 N–H and O–H groups in total. The summed E-state index contributed by atoms with van der Waals surface area (Å²) in [6.07, 6.45) is 6.65. The predicted molar refractivity (Wildman–Crippen MR) is 89.1 cm³/mol. The Morgan fingerprint density at radius 2 is 1.82 bits per heavy atom. The Morgan fingerprint density at radius 1 is 0.955 bits per heavy atom. The minimum Gasteiger partial charge on any atom is -0.389 e. The van der Waals surface area contributed by atoms with Crippen molar-refractivity contribution in [3.05, 3.63) is 69.6 Å². The number of fused-ring (bicyclic) bond motifs is 2. The van der Waals surface area contributed by atoms with Crippen LogP contribution in [0.4, 0.5) is 0 Å². The Hall–Kier alpha value is -2.16.